The molecule has 3 rings (SSSR count). The van der Waals surface area contributed by atoms with Crippen molar-refractivity contribution in [3.8, 4) is 0 Å². The highest BCUT2D eigenvalue weighted by atomic mass is 16.2. The molecule has 1 saturated heterocycles. The predicted octanol–water partition coefficient (Wildman–Crippen LogP) is 0.564. The van der Waals surface area contributed by atoms with Crippen LogP contribution in [0.25, 0.3) is 0 Å². The first-order valence-electron chi connectivity index (χ1n) is 7.41. The highest BCUT2D eigenvalue weighted by molar-refractivity contribution is 5.94. The molecule has 8 heteroatoms. The van der Waals surface area contributed by atoms with Crippen LogP contribution in [-0.4, -0.2) is 38.4 Å². The second kappa shape index (κ2) is 6.07. The predicted molar refractivity (Wildman–Crippen MR) is 81.8 cm³/mol. The van der Waals surface area contributed by atoms with E-state index < -0.39 is 5.91 Å². The fraction of sp³-hybridized carbons (Fsp3) is 0.333. The highest BCUT2D eigenvalue weighted by Gasteiger charge is 2.30. The van der Waals surface area contributed by atoms with Gasteiger partial charge in [-0.3, -0.25) is 19.5 Å². The SMILES string of the molecule is NC(=O)c1cc(C2CCCCN2C(=O)c2ccc(=O)[nH]c2)[nH]n1. The number of H-pyrrole nitrogens is 2. The van der Waals surface area contributed by atoms with Gasteiger partial charge in [-0.25, -0.2) is 0 Å². The van der Waals surface area contributed by atoms with Crippen LogP contribution in [0.5, 0.6) is 0 Å². The van der Waals surface area contributed by atoms with Gasteiger partial charge in [-0.05, 0) is 31.4 Å². The van der Waals surface area contributed by atoms with Crippen LogP contribution in [0, 0.1) is 0 Å². The summed E-state index contributed by atoms with van der Waals surface area (Å²) < 4.78 is 0. The molecule has 0 bridgehead atoms. The number of amides is 2. The second-order valence-corrected chi connectivity index (χ2v) is 5.52. The number of nitrogens with zero attached hydrogens (tertiary/aromatic N) is 2. The molecule has 0 aliphatic carbocycles. The Balaban J connectivity index is 1.88. The largest absolute Gasteiger partial charge is 0.364 e. The van der Waals surface area contributed by atoms with Gasteiger partial charge in [0.2, 0.25) is 5.56 Å². The van der Waals surface area contributed by atoms with E-state index in [4.69, 9.17) is 5.73 Å². The molecular formula is C15H17N5O3. The molecule has 1 aliphatic rings. The lowest BCUT2D eigenvalue weighted by Gasteiger charge is -2.35. The van der Waals surface area contributed by atoms with Crippen molar-refractivity contribution in [2.24, 2.45) is 5.73 Å². The van der Waals surface area contributed by atoms with Crippen molar-refractivity contribution in [1.82, 2.24) is 20.1 Å². The van der Waals surface area contributed by atoms with Gasteiger partial charge >= 0.3 is 0 Å². The molecule has 0 aromatic carbocycles. The summed E-state index contributed by atoms with van der Waals surface area (Å²) in [5.74, 6) is -0.775. The Bertz CT molecular complexity index is 774. The van der Waals surface area contributed by atoms with E-state index in [0.29, 0.717) is 17.8 Å². The number of aromatic nitrogens is 3. The number of rotatable bonds is 3. The maximum atomic E-state index is 12.7. The highest BCUT2D eigenvalue weighted by Crippen LogP contribution is 2.31. The van der Waals surface area contributed by atoms with Crippen LogP contribution in [0.4, 0.5) is 0 Å². The Morgan fingerprint density at radius 2 is 2.13 bits per heavy atom. The summed E-state index contributed by atoms with van der Waals surface area (Å²) in [6, 6.07) is 4.23. The van der Waals surface area contributed by atoms with Crippen molar-refractivity contribution in [1.29, 1.82) is 0 Å². The number of pyridine rings is 1. The molecule has 23 heavy (non-hydrogen) atoms. The van der Waals surface area contributed by atoms with Crippen LogP contribution >= 0.6 is 0 Å². The number of primary amides is 1. The van der Waals surface area contributed by atoms with Crippen LogP contribution in [-0.2, 0) is 0 Å². The number of aromatic amines is 2. The smallest absolute Gasteiger partial charge is 0.269 e. The van der Waals surface area contributed by atoms with Crippen LogP contribution in [0.2, 0.25) is 0 Å². The van der Waals surface area contributed by atoms with E-state index in [0.717, 1.165) is 19.3 Å². The van der Waals surface area contributed by atoms with Crippen LogP contribution in [0.1, 0.15) is 51.8 Å². The van der Waals surface area contributed by atoms with E-state index in [-0.39, 0.29) is 23.2 Å². The fourth-order valence-electron chi connectivity index (χ4n) is 2.84. The summed E-state index contributed by atoms with van der Waals surface area (Å²) in [4.78, 5) is 39.3. The normalized spacial score (nSPS) is 17.9. The molecule has 1 atom stereocenters. The first kappa shape index (κ1) is 15.0. The third-order valence-electron chi connectivity index (χ3n) is 4.00. The van der Waals surface area contributed by atoms with Crippen molar-refractivity contribution >= 4 is 11.8 Å². The second-order valence-electron chi connectivity index (χ2n) is 5.52. The summed E-state index contributed by atoms with van der Waals surface area (Å²) in [5.41, 5.74) is 6.24. The summed E-state index contributed by atoms with van der Waals surface area (Å²) >= 11 is 0. The molecule has 1 unspecified atom stereocenters. The quantitative estimate of drug-likeness (QED) is 0.765. The van der Waals surface area contributed by atoms with Crippen LogP contribution in [0.3, 0.4) is 0 Å². The maximum Gasteiger partial charge on any atom is 0.269 e. The van der Waals surface area contributed by atoms with Gasteiger partial charge in [0.1, 0.15) is 5.69 Å². The van der Waals surface area contributed by atoms with Gasteiger partial charge in [0, 0.05) is 18.8 Å². The molecule has 0 radical (unpaired) electrons. The van der Waals surface area contributed by atoms with Gasteiger partial charge in [-0.2, -0.15) is 5.10 Å². The Kier molecular flexibility index (Phi) is 3.96. The molecule has 2 amide bonds. The number of hydrogen-bond acceptors (Lipinski definition) is 4. The number of carbonyl (C=O) groups is 2. The van der Waals surface area contributed by atoms with Crippen molar-refractivity contribution in [3.63, 3.8) is 0 Å². The molecule has 0 saturated carbocycles. The van der Waals surface area contributed by atoms with Crippen molar-refractivity contribution in [2.45, 2.75) is 25.3 Å². The summed E-state index contributed by atoms with van der Waals surface area (Å²) in [6.07, 6.45) is 4.07. The Morgan fingerprint density at radius 1 is 1.30 bits per heavy atom. The zero-order valence-corrected chi connectivity index (χ0v) is 12.4. The number of likely N-dealkylation sites (tertiary alicyclic amines) is 1. The van der Waals surface area contributed by atoms with Crippen molar-refractivity contribution < 1.29 is 9.59 Å². The number of hydrogen-bond donors (Lipinski definition) is 3. The van der Waals surface area contributed by atoms with Crippen LogP contribution in [0.15, 0.2) is 29.2 Å². The zero-order chi connectivity index (χ0) is 16.4. The number of carbonyl (C=O) groups excluding carboxylic acids is 2. The van der Waals surface area contributed by atoms with E-state index >= 15 is 0 Å². The van der Waals surface area contributed by atoms with Gasteiger partial charge in [0.05, 0.1) is 17.3 Å². The fourth-order valence-corrected chi connectivity index (χ4v) is 2.84. The molecule has 1 fully saturated rings. The average Bonchev–Trinajstić information content (AvgIpc) is 3.05. The van der Waals surface area contributed by atoms with Gasteiger partial charge < -0.3 is 15.6 Å². The lowest BCUT2D eigenvalue weighted by molar-refractivity contribution is 0.0605. The lowest BCUT2D eigenvalue weighted by Crippen LogP contribution is -2.38. The third-order valence-corrected chi connectivity index (χ3v) is 4.00. The van der Waals surface area contributed by atoms with Crippen molar-refractivity contribution in [3.05, 3.63) is 51.7 Å². The van der Waals surface area contributed by atoms with E-state index in [1.807, 2.05) is 0 Å². The first-order valence-corrected chi connectivity index (χ1v) is 7.41. The maximum absolute atomic E-state index is 12.7. The Hall–Kier alpha value is -2.90. The summed E-state index contributed by atoms with van der Waals surface area (Å²) in [5, 5.41) is 6.68. The van der Waals surface area contributed by atoms with Gasteiger partial charge in [0.25, 0.3) is 11.8 Å². The average molecular weight is 315 g/mol. The topological polar surface area (TPSA) is 125 Å². The van der Waals surface area contributed by atoms with Gasteiger partial charge in [-0.15, -0.1) is 0 Å². The number of nitrogens with one attached hydrogen (secondary N) is 2. The Morgan fingerprint density at radius 3 is 2.78 bits per heavy atom. The Labute approximate surface area is 131 Å². The lowest BCUT2D eigenvalue weighted by atomic mass is 9.98. The molecule has 8 nitrogen and oxygen atoms in total. The molecule has 4 N–H and O–H groups in total. The van der Waals surface area contributed by atoms with Crippen molar-refractivity contribution in [2.75, 3.05) is 6.54 Å². The summed E-state index contributed by atoms with van der Waals surface area (Å²) in [6.45, 7) is 0.605. The van der Waals surface area contributed by atoms with Crippen LogP contribution < -0.4 is 11.3 Å². The molecule has 120 valence electrons. The number of piperidine rings is 1. The van der Waals surface area contributed by atoms with E-state index in [2.05, 4.69) is 15.2 Å². The molecular weight excluding hydrogens is 298 g/mol. The minimum absolute atomic E-state index is 0.155. The first-order chi connectivity index (χ1) is 11.1. The monoisotopic (exact) mass is 315 g/mol. The van der Waals surface area contributed by atoms with Gasteiger partial charge in [-0.1, -0.05) is 0 Å². The zero-order valence-electron chi connectivity index (χ0n) is 12.4. The molecule has 2 aromatic rings. The molecule has 3 heterocycles. The molecule has 1 aliphatic heterocycles. The number of nitrogens with two attached hydrogens (primary N) is 1. The van der Waals surface area contributed by atoms with E-state index in [9.17, 15) is 14.4 Å². The molecule has 2 aromatic heterocycles. The summed E-state index contributed by atoms with van der Waals surface area (Å²) in [7, 11) is 0. The third kappa shape index (κ3) is 3.01. The molecule has 0 spiro atoms. The standard InChI is InChI=1S/C15H17N5O3/c16-14(22)11-7-10(18-19-11)12-3-1-2-6-20(12)15(23)9-4-5-13(21)17-8-9/h4-5,7-8,12H,1-3,6H2,(H2,16,22)(H,17,21)(H,18,19). The minimum Gasteiger partial charge on any atom is -0.364 e. The van der Waals surface area contributed by atoms with E-state index in [1.54, 1.807) is 11.0 Å². The minimum atomic E-state index is -0.609. The van der Waals surface area contributed by atoms with Gasteiger partial charge in [0.15, 0.2) is 0 Å². The van der Waals surface area contributed by atoms with E-state index in [1.165, 1.54) is 18.3 Å².